The third-order valence-electron chi connectivity index (χ3n) is 5.72. The first-order valence-corrected chi connectivity index (χ1v) is 11.7. The molecule has 1 saturated heterocycles. The molecule has 3 aromatic rings. The standard InChI is InChI=1S/C26H31N5O4/c1-16(2)35-18-8-9-21(29-23-7-5-6-12-34-23)19(14-18)24(27-3)25-28-11-10-20(30-25)17-13-22(26(32)33)31(4)15-17/h8-11,13-16,23,29H,5-7,12H2,1-4H3,(H,32,33)/b27-24+. The lowest BCUT2D eigenvalue weighted by Crippen LogP contribution is -2.28. The van der Waals surface area contributed by atoms with E-state index in [4.69, 9.17) is 14.5 Å². The van der Waals surface area contributed by atoms with Crippen LogP contribution in [0.4, 0.5) is 5.69 Å². The van der Waals surface area contributed by atoms with Crippen LogP contribution in [0.3, 0.4) is 0 Å². The second-order valence-electron chi connectivity index (χ2n) is 8.74. The molecule has 0 amide bonds. The van der Waals surface area contributed by atoms with Crippen LogP contribution >= 0.6 is 0 Å². The fourth-order valence-corrected chi connectivity index (χ4v) is 4.11. The number of carbonyl (C=O) groups is 1. The van der Waals surface area contributed by atoms with Crippen molar-refractivity contribution < 1.29 is 19.4 Å². The molecule has 1 fully saturated rings. The van der Waals surface area contributed by atoms with Crippen LogP contribution < -0.4 is 10.1 Å². The molecule has 0 bridgehead atoms. The van der Waals surface area contributed by atoms with Crippen molar-refractivity contribution in [3.63, 3.8) is 0 Å². The molecule has 0 spiro atoms. The molecule has 0 saturated carbocycles. The fourth-order valence-electron chi connectivity index (χ4n) is 4.11. The lowest BCUT2D eigenvalue weighted by molar-refractivity contribution is 0.0343. The monoisotopic (exact) mass is 477 g/mol. The molecular weight excluding hydrogens is 446 g/mol. The van der Waals surface area contributed by atoms with E-state index >= 15 is 0 Å². The summed E-state index contributed by atoms with van der Waals surface area (Å²) in [7, 11) is 3.40. The van der Waals surface area contributed by atoms with Gasteiger partial charge in [0.1, 0.15) is 23.4 Å². The van der Waals surface area contributed by atoms with E-state index in [0.717, 1.165) is 42.9 Å². The van der Waals surface area contributed by atoms with Gasteiger partial charge in [-0.25, -0.2) is 14.8 Å². The third-order valence-corrected chi connectivity index (χ3v) is 5.72. The van der Waals surface area contributed by atoms with E-state index in [2.05, 4.69) is 15.3 Å². The van der Waals surface area contributed by atoms with Crippen molar-refractivity contribution in [1.29, 1.82) is 0 Å². The summed E-state index contributed by atoms with van der Waals surface area (Å²) in [5, 5.41) is 12.9. The minimum Gasteiger partial charge on any atom is -0.491 e. The zero-order valence-electron chi connectivity index (χ0n) is 20.5. The Morgan fingerprint density at radius 1 is 1.29 bits per heavy atom. The molecule has 1 aromatic carbocycles. The molecule has 9 heteroatoms. The number of nitrogens with zero attached hydrogens (tertiary/aromatic N) is 4. The number of hydrogen-bond donors (Lipinski definition) is 2. The Morgan fingerprint density at radius 3 is 2.77 bits per heavy atom. The number of rotatable bonds is 8. The van der Waals surface area contributed by atoms with E-state index in [1.165, 1.54) is 0 Å². The molecular formula is C26H31N5O4. The van der Waals surface area contributed by atoms with Gasteiger partial charge in [-0.3, -0.25) is 4.99 Å². The van der Waals surface area contributed by atoms with Crippen molar-refractivity contribution >= 4 is 17.4 Å². The summed E-state index contributed by atoms with van der Waals surface area (Å²) < 4.78 is 13.4. The Bertz CT molecular complexity index is 1230. The van der Waals surface area contributed by atoms with Gasteiger partial charge in [0.2, 0.25) is 0 Å². The van der Waals surface area contributed by atoms with Crippen LogP contribution in [0, 0.1) is 0 Å². The zero-order valence-corrected chi connectivity index (χ0v) is 20.5. The van der Waals surface area contributed by atoms with Crippen LogP contribution in [-0.4, -0.2) is 57.3 Å². The number of anilines is 1. The Balaban J connectivity index is 1.73. The second-order valence-corrected chi connectivity index (χ2v) is 8.74. The molecule has 9 nitrogen and oxygen atoms in total. The van der Waals surface area contributed by atoms with E-state index in [-0.39, 0.29) is 18.0 Å². The second kappa shape index (κ2) is 10.7. The predicted octanol–water partition coefficient (Wildman–Crippen LogP) is 4.37. The summed E-state index contributed by atoms with van der Waals surface area (Å²) in [6, 6.07) is 9.19. The van der Waals surface area contributed by atoms with Crippen molar-refractivity contribution in [2.45, 2.75) is 45.4 Å². The minimum absolute atomic E-state index is 0.0199. The minimum atomic E-state index is -0.994. The van der Waals surface area contributed by atoms with Gasteiger partial charge < -0.3 is 24.5 Å². The Hall–Kier alpha value is -3.72. The van der Waals surface area contributed by atoms with Crippen LogP contribution in [-0.2, 0) is 11.8 Å². The normalized spacial score (nSPS) is 16.4. The molecule has 1 aliphatic rings. The molecule has 3 heterocycles. The van der Waals surface area contributed by atoms with Gasteiger partial charge in [-0.15, -0.1) is 0 Å². The first-order valence-electron chi connectivity index (χ1n) is 11.7. The molecule has 35 heavy (non-hydrogen) atoms. The number of nitrogens with one attached hydrogen (secondary N) is 1. The number of carboxylic acids is 1. The molecule has 184 valence electrons. The number of aromatic nitrogens is 3. The highest BCUT2D eigenvalue weighted by atomic mass is 16.5. The zero-order chi connectivity index (χ0) is 24.9. The number of aryl methyl sites for hydroxylation is 1. The maximum atomic E-state index is 11.5. The van der Waals surface area contributed by atoms with Gasteiger partial charge in [0.25, 0.3) is 0 Å². The van der Waals surface area contributed by atoms with Crippen LogP contribution in [0.5, 0.6) is 5.75 Å². The topological polar surface area (TPSA) is 111 Å². The lowest BCUT2D eigenvalue weighted by atomic mass is 10.0. The van der Waals surface area contributed by atoms with Crippen LogP contribution in [0.2, 0.25) is 0 Å². The highest BCUT2D eigenvalue weighted by Gasteiger charge is 2.21. The van der Waals surface area contributed by atoms with Crippen molar-refractivity contribution in [1.82, 2.24) is 14.5 Å². The van der Waals surface area contributed by atoms with E-state index < -0.39 is 5.97 Å². The quantitative estimate of drug-likeness (QED) is 0.463. The Labute approximate surface area is 204 Å². The highest BCUT2D eigenvalue weighted by Crippen LogP contribution is 2.28. The van der Waals surface area contributed by atoms with E-state index in [0.29, 0.717) is 22.8 Å². The van der Waals surface area contributed by atoms with Gasteiger partial charge in [-0.05, 0) is 63.4 Å². The SMILES string of the molecule is C/N=C(/c1nccc(-c2cc(C(=O)O)n(C)c2)n1)c1cc(OC(C)C)ccc1NC1CCCCO1. The van der Waals surface area contributed by atoms with E-state index in [9.17, 15) is 9.90 Å². The predicted molar refractivity (Wildman–Crippen MR) is 134 cm³/mol. The Kier molecular flexibility index (Phi) is 7.45. The fraction of sp³-hybridized carbons (Fsp3) is 0.385. The van der Waals surface area contributed by atoms with Crippen molar-refractivity contribution in [2.24, 2.45) is 12.0 Å². The van der Waals surface area contributed by atoms with E-state index in [1.54, 1.807) is 43.2 Å². The maximum Gasteiger partial charge on any atom is 0.352 e. The summed E-state index contributed by atoms with van der Waals surface area (Å²) in [5.74, 6) is 0.156. The molecule has 1 atom stereocenters. The largest absolute Gasteiger partial charge is 0.491 e. The summed E-state index contributed by atoms with van der Waals surface area (Å²) in [6.45, 7) is 4.69. The molecule has 0 radical (unpaired) electrons. The maximum absolute atomic E-state index is 11.5. The van der Waals surface area contributed by atoms with Crippen molar-refractivity contribution in [3.8, 4) is 17.0 Å². The van der Waals surface area contributed by atoms with Gasteiger partial charge in [-0.1, -0.05) is 0 Å². The summed E-state index contributed by atoms with van der Waals surface area (Å²) in [6.07, 6.45) is 6.43. The van der Waals surface area contributed by atoms with Crippen LogP contribution in [0.15, 0.2) is 47.7 Å². The molecule has 2 N–H and O–H groups in total. The third kappa shape index (κ3) is 5.68. The summed E-state index contributed by atoms with van der Waals surface area (Å²) in [5.41, 5.74) is 3.73. The number of aliphatic imine (C=N–C) groups is 1. The molecule has 2 aromatic heterocycles. The number of aromatic carboxylic acids is 1. The molecule has 1 unspecified atom stereocenters. The van der Waals surface area contributed by atoms with Crippen molar-refractivity contribution in [2.75, 3.05) is 19.0 Å². The van der Waals surface area contributed by atoms with Crippen LogP contribution in [0.1, 0.15) is 55.0 Å². The highest BCUT2D eigenvalue weighted by molar-refractivity contribution is 6.14. The van der Waals surface area contributed by atoms with Crippen molar-refractivity contribution in [3.05, 3.63) is 59.8 Å². The smallest absolute Gasteiger partial charge is 0.352 e. The van der Waals surface area contributed by atoms with Gasteiger partial charge in [0.05, 0.1) is 11.8 Å². The average molecular weight is 478 g/mol. The van der Waals surface area contributed by atoms with Gasteiger partial charge >= 0.3 is 5.97 Å². The number of benzene rings is 1. The summed E-state index contributed by atoms with van der Waals surface area (Å²) in [4.78, 5) is 25.2. The number of hydrogen-bond acceptors (Lipinski definition) is 7. The van der Waals surface area contributed by atoms with Gasteiger partial charge in [0.15, 0.2) is 5.82 Å². The van der Waals surface area contributed by atoms with Gasteiger partial charge in [-0.2, -0.15) is 0 Å². The van der Waals surface area contributed by atoms with Gasteiger partial charge in [0, 0.05) is 49.9 Å². The average Bonchev–Trinajstić information content (AvgIpc) is 3.24. The lowest BCUT2D eigenvalue weighted by Gasteiger charge is -2.26. The summed E-state index contributed by atoms with van der Waals surface area (Å²) >= 11 is 0. The molecule has 4 rings (SSSR count). The number of carboxylic acid groups (broad SMARTS) is 1. The Morgan fingerprint density at radius 2 is 2.11 bits per heavy atom. The first kappa shape index (κ1) is 24.4. The molecule has 0 aliphatic carbocycles. The number of ether oxygens (including phenoxy) is 2. The molecule has 1 aliphatic heterocycles. The first-order chi connectivity index (χ1) is 16.9. The van der Waals surface area contributed by atoms with Crippen LogP contribution in [0.25, 0.3) is 11.3 Å². The van der Waals surface area contributed by atoms with E-state index in [1.807, 2.05) is 32.0 Å².